The molecule has 0 saturated heterocycles. The number of halogens is 3. The Hall–Kier alpha value is -0.780. The molecule has 0 radical (unpaired) electrons. The second kappa shape index (κ2) is 5.52. The van der Waals surface area contributed by atoms with Crippen molar-refractivity contribution in [2.45, 2.75) is 45.8 Å². The van der Waals surface area contributed by atoms with E-state index in [1.54, 1.807) is 0 Å². The highest BCUT2D eigenvalue weighted by Gasteiger charge is 2.51. The first-order valence-electron chi connectivity index (χ1n) is 5.13. The standard InChI is InChI=1S/C10H18F3NO2/c1-4-5-6-16-8(15)9(2,3)7(14)10(11,12)13/h7H,4-6,14H2,1-3H3/t7-/m0/s1. The Bertz CT molecular complexity index is 239. The number of hydrogen-bond donors (Lipinski definition) is 1. The average Bonchev–Trinajstić information content (AvgIpc) is 2.15. The van der Waals surface area contributed by atoms with E-state index >= 15 is 0 Å². The van der Waals surface area contributed by atoms with Crippen molar-refractivity contribution in [1.29, 1.82) is 0 Å². The zero-order valence-corrected chi connectivity index (χ0v) is 9.73. The molecule has 16 heavy (non-hydrogen) atoms. The van der Waals surface area contributed by atoms with Crippen LogP contribution in [0.4, 0.5) is 13.2 Å². The van der Waals surface area contributed by atoms with Crippen LogP contribution in [0, 0.1) is 5.41 Å². The van der Waals surface area contributed by atoms with Crippen LogP contribution in [0.1, 0.15) is 33.6 Å². The molecule has 0 fully saturated rings. The molecule has 2 N–H and O–H groups in total. The highest BCUT2D eigenvalue weighted by Crippen LogP contribution is 2.33. The third kappa shape index (κ3) is 4.00. The van der Waals surface area contributed by atoms with Gasteiger partial charge in [0.05, 0.1) is 12.0 Å². The lowest BCUT2D eigenvalue weighted by molar-refractivity contribution is -0.188. The molecule has 0 heterocycles. The number of nitrogens with two attached hydrogens (primary N) is 1. The molecule has 1 atom stereocenters. The summed E-state index contributed by atoms with van der Waals surface area (Å²) >= 11 is 0. The van der Waals surface area contributed by atoms with E-state index in [9.17, 15) is 18.0 Å². The maximum atomic E-state index is 12.4. The van der Waals surface area contributed by atoms with Crippen LogP contribution in [0.15, 0.2) is 0 Å². The third-order valence-electron chi connectivity index (χ3n) is 2.39. The molecule has 0 unspecified atom stereocenters. The van der Waals surface area contributed by atoms with Gasteiger partial charge in [0.1, 0.15) is 6.04 Å². The zero-order chi connectivity index (χ0) is 13.0. The first-order chi connectivity index (χ1) is 7.14. The summed E-state index contributed by atoms with van der Waals surface area (Å²) in [7, 11) is 0. The summed E-state index contributed by atoms with van der Waals surface area (Å²) in [4.78, 5) is 11.4. The van der Waals surface area contributed by atoms with E-state index in [2.05, 4.69) is 0 Å². The monoisotopic (exact) mass is 241 g/mol. The van der Waals surface area contributed by atoms with E-state index < -0.39 is 23.6 Å². The fraction of sp³-hybridized carbons (Fsp3) is 0.900. The molecule has 0 bridgehead atoms. The molecule has 6 heteroatoms. The Morgan fingerprint density at radius 3 is 2.25 bits per heavy atom. The minimum Gasteiger partial charge on any atom is -0.465 e. The van der Waals surface area contributed by atoms with Crippen molar-refractivity contribution in [1.82, 2.24) is 0 Å². The second-order valence-corrected chi connectivity index (χ2v) is 4.23. The number of hydrogen-bond acceptors (Lipinski definition) is 3. The number of carbonyl (C=O) groups is 1. The van der Waals surface area contributed by atoms with Crippen molar-refractivity contribution in [3.8, 4) is 0 Å². The molecule has 0 spiro atoms. The predicted molar refractivity (Wildman–Crippen MR) is 53.7 cm³/mol. The van der Waals surface area contributed by atoms with Crippen molar-refractivity contribution in [2.75, 3.05) is 6.61 Å². The van der Waals surface area contributed by atoms with Crippen LogP contribution < -0.4 is 5.73 Å². The molecule has 0 aliphatic rings. The van der Waals surface area contributed by atoms with Gasteiger partial charge < -0.3 is 10.5 Å². The van der Waals surface area contributed by atoms with E-state index in [4.69, 9.17) is 10.5 Å². The second-order valence-electron chi connectivity index (χ2n) is 4.23. The molecule has 96 valence electrons. The number of esters is 1. The predicted octanol–water partition coefficient (Wildman–Crippen LogP) is 2.25. The van der Waals surface area contributed by atoms with Crippen LogP contribution in [0.25, 0.3) is 0 Å². The fourth-order valence-corrected chi connectivity index (χ4v) is 1.03. The smallest absolute Gasteiger partial charge is 0.404 e. The van der Waals surface area contributed by atoms with E-state index in [-0.39, 0.29) is 6.61 Å². The third-order valence-corrected chi connectivity index (χ3v) is 2.39. The molecule has 0 amide bonds. The number of ether oxygens (including phenoxy) is 1. The topological polar surface area (TPSA) is 52.3 Å². The lowest BCUT2D eigenvalue weighted by Gasteiger charge is -2.30. The maximum absolute atomic E-state index is 12.4. The molecular formula is C10H18F3NO2. The van der Waals surface area contributed by atoms with Crippen LogP contribution in [-0.2, 0) is 9.53 Å². The minimum absolute atomic E-state index is 0.128. The van der Waals surface area contributed by atoms with Gasteiger partial charge in [-0.3, -0.25) is 4.79 Å². The molecule has 0 rings (SSSR count). The van der Waals surface area contributed by atoms with Crippen molar-refractivity contribution in [3.63, 3.8) is 0 Å². The molecule has 0 aromatic heterocycles. The number of alkyl halides is 3. The molecule has 0 saturated carbocycles. The van der Waals surface area contributed by atoms with Gasteiger partial charge in [-0.2, -0.15) is 13.2 Å². The summed E-state index contributed by atoms with van der Waals surface area (Å²) in [6.07, 6.45) is -3.17. The van der Waals surface area contributed by atoms with Gasteiger partial charge in [-0.05, 0) is 20.3 Å². The van der Waals surface area contributed by atoms with Gasteiger partial charge in [0, 0.05) is 0 Å². The molecule has 0 aliphatic carbocycles. The van der Waals surface area contributed by atoms with Crippen molar-refractivity contribution in [3.05, 3.63) is 0 Å². The molecule has 0 aromatic rings. The summed E-state index contributed by atoms with van der Waals surface area (Å²) in [6.45, 7) is 4.29. The number of rotatable bonds is 5. The molecule has 0 aliphatic heterocycles. The van der Waals surface area contributed by atoms with Gasteiger partial charge in [0.2, 0.25) is 0 Å². The quantitative estimate of drug-likeness (QED) is 0.593. The Morgan fingerprint density at radius 1 is 1.38 bits per heavy atom. The highest BCUT2D eigenvalue weighted by atomic mass is 19.4. The van der Waals surface area contributed by atoms with Gasteiger partial charge in [0.15, 0.2) is 0 Å². The molecule has 3 nitrogen and oxygen atoms in total. The zero-order valence-electron chi connectivity index (χ0n) is 9.73. The van der Waals surface area contributed by atoms with Crippen molar-refractivity contribution < 1.29 is 22.7 Å². The van der Waals surface area contributed by atoms with Gasteiger partial charge in [-0.25, -0.2) is 0 Å². The molecule has 0 aromatic carbocycles. The van der Waals surface area contributed by atoms with E-state index in [1.165, 1.54) is 0 Å². The summed E-state index contributed by atoms with van der Waals surface area (Å²) < 4.78 is 41.8. The Labute approximate surface area is 93.1 Å². The van der Waals surface area contributed by atoms with Crippen molar-refractivity contribution in [2.24, 2.45) is 11.1 Å². The average molecular weight is 241 g/mol. The SMILES string of the molecule is CCCCOC(=O)C(C)(C)[C@H](N)C(F)(F)F. The summed E-state index contributed by atoms with van der Waals surface area (Å²) in [5.41, 5.74) is 3.25. The van der Waals surface area contributed by atoms with Crippen molar-refractivity contribution >= 4 is 5.97 Å². The Morgan fingerprint density at radius 2 is 1.88 bits per heavy atom. The van der Waals surface area contributed by atoms with Crippen LogP contribution in [0.5, 0.6) is 0 Å². The van der Waals surface area contributed by atoms with E-state index in [1.807, 2.05) is 6.92 Å². The first-order valence-corrected chi connectivity index (χ1v) is 5.13. The lowest BCUT2D eigenvalue weighted by atomic mass is 9.84. The lowest BCUT2D eigenvalue weighted by Crippen LogP contribution is -2.53. The summed E-state index contributed by atoms with van der Waals surface area (Å²) in [5, 5.41) is 0. The normalized spacial score (nSPS) is 14.7. The van der Waals surface area contributed by atoms with Crippen LogP contribution >= 0.6 is 0 Å². The molecular weight excluding hydrogens is 223 g/mol. The van der Waals surface area contributed by atoms with Gasteiger partial charge in [-0.1, -0.05) is 13.3 Å². The van der Waals surface area contributed by atoms with Crippen LogP contribution in [-0.4, -0.2) is 24.8 Å². The largest absolute Gasteiger partial charge is 0.465 e. The van der Waals surface area contributed by atoms with Gasteiger partial charge in [-0.15, -0.1) is 0 Å². The number of carbonyl (C=O) groups excluding carboxylic acids is 1. The number of unbranched alkanes of at least 4 members (excludes halogenated alkanes) is 1. The van der Waals surface area contributed by atoms with E-state index in [0.717, 1.165) is 20.3 Å². The van der Waals surface area contributed by atoms with Gasteiger partial charge in [0.25, 0.3) is 0 Å². The highest BCUT2D eigenvalue weighted by molar-refractivity contribution is 5.77. The summed E-state index contributed by atoms with van der Waals surface area (Å²) in [5.74, 6) is -0.911. The van der Waals surface area contributed by atoms with Crippen LogP contribution in [0.2, 0.25) is 0 Å². The fourth-order valence-electron chi connectivity index (χ4n) is 1.03. The van der Waals surface area contributed by atoms with Crippen LogP contribution in [0.3, 0.4) is 0 Å². The van der Waals surface area contributed by atoms with Gasteiger partial charge >= 0.3 is 12.1 Å². The maximum Gasteiger partial charge on any atom is 0.404 e. The first kappa shape index (κ1) is 15.2. The van der Waals surface area contributed by atoms with E-state index in [0.29, 0.717) is 6.42 Å². The minimum atomic E-state index is -4.60. The Balaban J connectivity index is 4.47. The Kier molecular flexibility index (Phi) is 5.25. The summed E-state index contributed by atoms with van der Waals surface area (Å²) in [6, 6.07) is -2.21.